The van der Waals surface area contributed by atoms with E-state index in [1.807, 2.05) is 0 Å². The molecule has 0 aliphatic carbocycles. The van der Waals surface area contributed by atoms with Crippen molar-refractivity contribution in [2.75, 3.05) is 4.90 Å². The number of anilines is 1. The average Bonchev–Trinajstić information content (AvgIpc) is 3.23. The van der Waals surface area contributed by atoms with Gasteiger partial charge in [-0.3, -0.25) is 19.3 Å². The molecule has 1 aliphatic heterocycles. The summed E-state index contributed by atoms with van der Waals surface area (Å²) < 4.78 is 0. The number of halogens is 1. The highest BCUT2D eigenvalue weighted by atomic mass is 35.5. The first-order valence-corrected chi connectivity index (χ1v) is 9.69. The van der Waals surface area contributed by atoms with Crippen molar-refractivity contribution < 1.29 is 14.4 Å². The van der Waals surface area contributed by atoms with Crippen molar-refractivity contribution in [1.82, 2.24) is 10.2 Å². The summed E-state index contributed by atoms with van der Waals surface area (Å²) in [7, 11) is 0. The molecule has 1 aromatic heterocycles. The number of carbonyl (C=O) groups is 3. The van der Waals surface area contributed by atoms with Gasteiger partial charge < -0.3 is 0 Å². The zero-order chi connectivity index (χ0) is 19.8. The van der Waals surface area contributed by atoms with Crippen LogP contribution in [0.15, 0.2) is 54.6 Å². The minimum absolute atomic E-state index is 0.282. The topological polar surface area (TPSA) is 80.2 Å². The first-order valence-electron chi connectivity index (χ1n) is 8.49. The molecule has 1 saturated heterocycles. The molecule has 3 aromatic rings. The lowest BCUT2D eigenvalue weighted by atomic mass is 9.86. The minimum atomic E-state index is -1.18. The van der Waals surface area contributed by atoms with E-state index in [2.05, 4.69) is 10.2 Å². The van der Waals surface area contributed by atoms with Crippen LogP contribution in [0.25, 0.3) is 0 Å². The van der Waals surface area contributed by atoms with Gasteiger partial charge in [-0.15, -0.1) is 10.2 Å². The molecule has 0 radical (unpaired) electrons. The third kappa shape index (κ3) is 3.12. The van der Waals surface area contributed by atoms with E-state index < -0.39 is 29.4 Å². The smallest absolute Gasteiger partial charge is 0.293 e. The molecule has 0 bridgehead atoms. The highest BCUT2D eigenvalue weighted by molar-refractivity contribution is 7.15. The number of Topliss-reactive ketones (excluding diaryl/α,β-unsaturated/α-hetero) is 2. The van der Waals surface area contributed by atoms with Crippen LogP contribution in [0.5, 0.6) is 0 Å². The lowest BCUT2D eigenvalue weighted by Gasteiger charge is -2.24. The summed E-state index contributed by atoms with van der Waals surface area (Å²) in [5, 5.41) is 9.35. The van der Waals surface area contributed by atoms with Crippen molar-refractivity contribution in [2.24, 2.45) is 5.92 Å². The Balaban J connectivity index is 1.87. The summed E-state index contributed by atoms with van der Waals surface area (Å²) in [6, 6.07) is 14.5. The van der Waals surface area contributed by atoms with Crippen molar-refractivity contribution in [3.63, 3.8) is 0 Å². The van der Waals surface area contributed by atoms with Crippen LogP contribution in [0.2, 0.25) is 5.02 Å². The second kappa shape index (κ2) is 7.26. The molecule has 2 unspecified atom stereocenters. The van der Waals surface area contributed by atoms with Gasteiger partial charge in [-0.25, -0.2) is 0 Å². The summed E-state index contributed by atoms with van der Waals surface area (Å²) in [5.41, 5.74) is 0.963. The predicted octanol–water partition coefficient (Wildman–Crippen LogP) is 3.66. The molecule has 0 spiro atoms. The van der Waals surface area contributed by atoms with Crippen molar-refractivity contribution in [2.45, 2.75) is 13.0 Å². The number of hydrogen-bond acceptors (Lipinski definition) is 6. The Morgan fingerprint density at radius 1 is 1.07 bits per heavy atom. The molecular weight excluding hydrogens is 398 g/mol. The lowest BCUT2D eigenvalue weighted by molar-refractivity contribution is -0.135. The monoisotopic (exact) mass is 411 g/mol. The predicted molar refractivity (Wildman–Crippen MR) is 106 cm³/mol. The van der Waals surface area contributed by atoms with E-state index in [9.17, 15) is 14.4 Å². The standard InChI is InChI=1S/C20H14ClN3O3S/c1-11-22-23-20(28-11)24-16(13-8-5-9-14(21)10-13)15(18(26)19(24)27)17(25)12-6-3-2-4-7-12/h2-10,15-16H,1H3. The van der Waals surface area contributed by atoms with E-state index in [4.69, 9.17) is 11.6 Å². The fraction of sp³-hybridized carbons (Fsp3) is 0.150. The van der Waals surface area contributed by atoms with E-state index >= 15 is 0 Å². The number of carbonyl (C=O) groups excluding carboxylic acids is 3. The number of nitrogens with zero attached hydrogens (tertiary/aromatic N) is 3. The number of aryl methyl sites for hydroxylation is 1. The van der Waals surface area contributed by atoms with Crippen LogP contribution in [0.1, 0.15) is 27.0 Å². The van der Waals surface area contributed by atoms with Gasteiger partial charge in [-0.1, -0.05) is 65.4 Å². The second-order valence-corrected chi connectivity index (χ2v) is 7.95. The zero-order valence-electron chi connectivity index (χ0n) is 14.7. The van der Waals surface area contributed by atoms with Crippen LogP contribution >= 0.6 is 22.9 Å². The first-order chi connectivity index (χ1) is 13.5. The van der Waals surface area contributed by atoms with Crippen LogP contribution in [-0.4, -0.2) is 27.7 Å². The van der Waals surface area contributed by atoms with E-state index in [1.54, 1.807) is 61.5 Å². The van der Waals surface area contributed by atoms with E-state index in [-0.39, 0.29) is 5.13 Å². The Morgan fingerprint density at radius 3 is 2.46 bits per heavy atom. The van der Waals surface area contributed by atoms with E-state index in [1.165, 1.54) is 16.2 Å². The summed E-state index contributed by atoms with van der Waals surface area (Å²) in [6.07, 6.45) is 0. The van der Waals surface area contributed by atoms with E-state index in [0.717, 1.165) is 0 Å². The van der Waals surface area contributed by atoms with Crippen LogP contribution in [-0.2, 0) is 9.59 Å². The molecule has 2 atom stereocenters. The van der Waals surface area contributed by atoms with Crippen molar-refractivity contribution in [1.29, 1.82) is 0 Å². The Kier molecular flexibility index (Phi) is 4.78. The zero-order valence-corrected chi connectivity index (χ0v) is 16.3. The maximum Gasteiger partial charge on any atom is 0.297 e. The van der Waals surface area contributed by atoms with Gasteiger partial charge in [0.05, 0.1) is 6.04 Å². The van der Waals surface area contributed by atoms with Gasteiger partial charge in [0, 0.05) is 10.6 Å². The first kappa shape index (κ1) is 18.5. The molecule has 4 rings (SSSR count). The number of rotatable bonds is 4. The van der Waals surface area contributed by atoms with E-state index in [0.29, 0.717) is 21.2 Å². The third-order valence-electron chi connectivity index (χ3n) is 4.56. The van der Waals surface area contributed by atoms with Gasteiger partial charge in [0.25, 0.3) is 5.91 Å². The molecule has 2 aromatic carbocycles. The van der Waals surface area contributed by atoms with Crippen molar-refractivity contribution >= 4 is 45.5 Å². The van der Waals surface area contributed by atoms with Crippen LogP contribution in [0, 0.1) is 12.8 Å². The number of aromatic nitrogens is 2. The van der Waals surface area contributed by atoms with Gasteiger partial charge in [0.15, 0.2) is 5.78 Å². The Labute approximate surface area is 169 Å². The largest absolute Gasteiger partial charge is 0.297 e. The normalized spacial score (nSPS) is 19.3. The minimum Gasteiger partial charge on any atom is -0.293 e. The molecule has 2 heterocycles. The van der Waals surface area contributed by atoms with Crippen LogP contribution < -0.4 is 4.90 Å². The summed E-state index contributed by atoms with van der Waals surface area (Å²) >= 11 is 7.33. The molecule has 1 amide bonds. The van der Waals surface area contributed by atoms with Gasteiger partial charge in [0.2, 0.25) is 10.9 Å². The molecule has 28 heavy (non-hydrogen) atoms. The highest BCUT2D eigenvalue weighted by Crippen LogP contribution is 2.42. The molecular formula is C20H14ClN3O3S. The molecule has 140 valence electrons. The van der Waals surface area contributed by atoms with Crippen LogP contribution in [0.3, 0.4) is 0 Å². The van der Waals surface area contributed by atoms with Crippen LogP contribution in [0.4, 0.5) is 5.13 Å². The average molecular weight is 412 g/mol. The van der Waals surface area contributed by atoms with Crippen molar-refractivity contribution in [3.8, 4) is 0 Å². The fourth-order valence-electron chi connectivity index (χ4n) is 3.34. The SMILES string of the molecule is Cc1nnc(N2C(=O)C(=O)C(C(=O)c3ccccc3)C2c2cccc(Cl)c2)s1. The number of hydrogen-bond donors (Lipinski definition) is 0. The third-order valence-corrected chi connectivity index (χ3v) is 5.63. The molecule has 0 saturated carbocycles. The Bertz CT molecular complexity index is 1080. The molecule has 6 nitrogen and oxygen atoms in total. The maximum atomic E-state index is 13.2. The summed E-state index contributed by atoms with van der Waals surface area (Å²) in [6.45, 7) is 1.75. The van der Waals surface area contributed by atoms with Crippen molar-refractivity contribution in [3.05, 3.63) is 75.8 Å². The summed E-state index contributed by atoms with van der Waals surface area (Å²) in [4.78, 5) is 40.2. The lowest BCUT2D eigenvalue weighted by Crippen LogP contribution is -2.30. The number of amides is 1. The van der Waals surface area contributed by atoms with Gasteiger partial charge in [0.1, 0.15) is 10.9 Å². The Hall–Kier alpha value is -2.90. The van der Waals surface area contributed by atoms with Gasteiger partial charge in [-0.05, 0) is 24.6 Å². The van der Waals surface area contributed by atoms with Gasteiger partial charge >= 0.3 is 0 Å². The quantitative estimate of drug-likeness (QED) is 0.372. The molecule has 8 heteroatoms. The number of ketones is 2. The summed E-state index contributed by atoms with van der Waals surface area (Å²) in [5.74, 6) is -3.12. The maximum absolute atomic E-state index is 13.2. The highest BCUT2D eigenvalue weighted by Gasteiger charge is 2.53. The fourth-order valence-corrected chi connectivity index (χ4v) is 4.26. The molecule has 1 aliphatic rings. The Morgan fingerprint density at radius 2 is 1.82 bits per heavy atom. The second-order valence-electron chi connectivity index (χ2n) is 6.35. The van der Waals surface area contributed by atoms with Gasteiger partial charge in [-0.2, -0.15) is 0 Å². The number of benzene rings is 2. The molecule has 0 N–H and O–H groups in total. The molecule has 1 fully saturated rings.